The molecule has 0 radical (unpaired) electrons. The van der Waals surface area contributed by atoms with Crippen molar-refractivity contribution in [3.8, 4) is 11.5 Å². The average Bonchev–Trinajstić information content (AvgIpc) is 2.82. The molecule has 7 heteroatoms. The van der Waals surface area contributed by atoms with Gasteiger partial charge in [0.05, 0.1) is 17.6 Å². The highest BCUT2D eigenvalue weighted by Gasteiger charge is 2.24. The fourth-order valence-electron chi connectivity index (χ4n) is 3.40. The first-order valence-corrected chi connectivity index (χ1v) is 9.57. The van der Waals surface area contributed by atoms with Crippen LogP contribution in [-0.2, 0) is 4.74 Å². The fourth-order valence-corrected chi connectivity index (χ4v) is 3.40. The highest BCUT2D eigenvalue weighted by Crippen LogP contribution is 2.39. The van der Waals surface area contributed by atoms with Crippen LogP contribution >= 0.6 is 0 Å². The summed E-state index contributed by atoms with van der Waals surface area (Å²) >= 11 is 0. The van der Waals surface area contributed by atoms with Crippen molar-refractivity contribution in [1.82, 2.24) is 0 Å². The number of esters is 1. The van der Waals surface area contributed by atoms with E-state index in [1.54, 1.807) is 55.6 Å². The van der Waals surface area contributed by atoms with Crippen LogP contribution < -0.4 is 9.47 Å². The van der Waals surface area contributed by atoms with E-state index in [0.717, 1.165) is 22.3 Å². The van der Waals surface area contributed by atoms with Crippen LogP contribution in [0.4, 0.5) is 5.69 Å². The summed E-state index contributed by atoms with van der Waals surface area (Å²) in [7, 11) is 1.57. The zero-order valence-electron chi connectivity index (χ0n) is 16.7. The third-order valence-corrected chi connectivity index (χ3v) is 5.03. The van der Waals surface area contributed by atoms with Gasteiger partial charge in [-0.05, 0) is 42.0 Å². The molecule has 0 spiro atoms. The molecule has 0 bridgehead atoms. The maximum atomic E-state index is 12.5. The molecule has 1 aliphatic heterocycles. The number of hydrogen-bond acceptors (Lipinski definition) is 6. The summed E-state index contributed by atoms with van der Waals surface area (Å²) in [5, 5.41) is 11.0. The SMILES string of the molecule is COc1ccc2c(c1)OCC(c1ccc([N+](=O)[O-])cc1)=C2COC(=O)c1ccccc1. The van der Waals surface area contributed by atoms with Gasteiger partial charge in [-0.1, -0.05) is 18.2 Å². The van der Waals surface area contributed by atoms with Gasteiger partial charge >= 0.3 is 5.97 Å². The van der Waals surface area contributed by atoms with E-state index in [1.807, 2.05) is 12.1 Å². The molecular formula is C24H19NO6. The molecule has 1 aliphatic rings. The topological polar surface area (TPSA) is 87.9 Å². The zero-order chi connectivity index (χ0) is 21.8. The van der Waals surface area contributed by atoms with E-state index in [0.29, 0.717) is 17.1 Å². The van der Waals surface area contributed by atoms with Crippen LogP contribution in [0, 0.1) is 10.1 Å². The molecule has 0 fully saturated rings. The van der Waals surface area contributed by atoms with E-state index >= 15 is 0 Å². The number of nitro groups is 1. The van der Waals surface area contributed by atoms with Gasteiger partial charge in [0, 0.05) is 34.9 Å². The lowest BCUT2D eigenvalue weighted by atomic mass is 9.92. The first-order chi connectivity index (χ1) is 15.1. The summed E-state index contributed by atoms with van der Waals surface area (Å²) < 4.78 is 16.8. The van der Waals surface area contributed by atoms with Crippen molar-refractivity contribution in [3.63, 3.8) is 0 Å². The van der Waals surface area contributed by atoms with Crippen molar-refractivity contribution in [2.45, 2.75) is 0 Å². The lowest BCUT2D eigenvalue weighted by Crippen LogP contribution is -2.16. The molecule has 0 N–H and O–H groups in total. The molecule has 0 saturated heterocycles. The van der Waals surface area contributed by atoms with E-state index in [9.17, 15) is 14.9 Å². The Kier molecular flexibility index (Phi) is 5.66. The summed E-state index contributed by atoms with van der Waals surface area (Å²) in [5.41, 5.74) is 3.58. The third-order valence-electron chi connectivity index (χ3n) is 5.03. The number of carbonyl (C=O) groups is 1. The molecule has 3 aromatic rings. The Labute approximate surface area is 178 Å². The van der Waals surface area contributed by atoms with Crippen LogP contribution in [0.25, 0.3) is 11.1 Å². The van der Waals surface area contributed by atoms with Crippen LogP contribution in [-0.4, -0.2) is 31.2 Å². The number of nitro benzene ring substituents is 1. The fraction of sp³-hybridized carbons (Fsp3) is 0.125. The third kappa shape index (κ3) is 4.25. The van der Waals surface area contributed by atoms with Gasteiger partial charge in [-0.25, -0.2) is 4.79 Å². The number of ether oxygens (including phenoxy) is 3. The van der Waals surface area contributed by atoms with Crippen LogP contribution in [0.2, 0.25) is 0 Å². The highest BCUT2D eigenvalue weighted by atomic mass is 16.6. The highest BCUT2D eigenvalue weighted by molar-refractivity contribution is 5.97. The summed E-state index contributed by atoms with van der Waals surface area (Å²) in [6.45, 7) is 0.263. The van der Waals surface area contributed by atoms with Crippen molar-refractivity contribution in [3.05, 3.63) is 99.6 Å². The lowest BCUT2D eigenvalue weighted by Gasteiger charge is -2.25. The van der Waals surface area contributed by atoms with Crippen molar-refractivity contribution < 1.29 is 23.9 Å². The summed E-state index contributed by atoms with van der Waals surface area (Å²) in [6, 6.07) is 20.4. The van der Waals surface area contributed by atoms with Gasteiger partial charge in [0.25, 0.3) is 5.69 Å². The minimum Gasteiger partial charge on any atom is -0.497 e. The van der Waals surface area contributed by atoms with E-state index in [1.165, 1.54) is 12.1 Å². The van der Waals surface area contributed by atoms with E-state index in [-0.39, 0.29) is 18.9 Å². The standard InChI is InChI=1S/C24H19NO6/c1-29-19-11-12-20-22(15-31-24(26)17-5-3-2-4-6-17)21(14-30-23(20)13-19)16-7-9-18(10-8-16)25(27)28/h2-13H,14-15H2,1H3. The second-order valence-corrected chi connectivity index (χ2v) is 6.85. The maximum absolute atomic E-state index is 12.5. The van der Waals surface area contributed by atoms with Crippen molar-refractivity contribution in [2.24, 2.45) is 0 Å². The molecule has 4 rings (SSSR count). The second-order valence-electron chi connectivity index (χ2n) is 6.85. The smallest absolute Gasteiger partial charge is 0.338 e. The van der Waals surface area contributed by atoms with Gasteiger partial charge in [-0.3, -0.25) is 10.1 Å². The normalized spacial score (nSPS) is 12.5. The molecule has 0 saturated carbocycles. The Morgan fingerprint density at radius 2 is 1.81 bits per heavy atom. The summed E-state index contributed by atoms with van der Waals surface area (Å²) in [6.07, 6.45) is 0. The molecule has 7 nitrogen and oxygen atoms in total. The number of fused-ring (bicyclic) bond motifs is 1. The molecule has 31 heavy (non-hydrogen) atoms. The van der Waals surface area contributed by atoms with Crippen LogP contribution in [0.5, 0.6) is 11.5 Å². The minimum atomic E-state index is -0.445. The van der Waals surface area contributed by atoms with Crippen molar-refractivity contribution in [2.75, 3.05) is 20.3 Å². The average molecular weight is 417 g/mol. The van der Waals surface area contributed by atoms with E-state index in [4.69, 9.17) is 14.2 Å². The van der Waals surface area contributed by atoms with Gasteiger partial charge < -0.3 is 14.2 Å². The Bertz CT molecular complexity index is 1150. The quantitative estimate of drug-likeness (QED) is 0.326. The van der Waals surface area contributed by atoms with E-state index < -0.39 is 10.9 Å². The van der Waals surface area contributed by atoms with Crippen molar-refractivity contribution >= 4 is 22.8 Å². The molecular weight excluding hydrogens is 398 g/mol. The minimum absolute atomic E-state index is 0.00303. The summed E-state index contributed by atoms with van der Waals surface area (Å²) in [5.74, 6) is 0.839. The van der Waals surface area contributed by atoms with Gasteiger partial charge in [0.2, 0.25) is 0 Å². The number of methoxy groups -OCH3 is 1. The Morgan fingerprint density at radius 3 is 2.48 bits per heavy atom. The molecule has 0 atom stereocenters. The number of rotatable bonds is 6. The van der Waals surface area contributed by atoms with Gasteiger partial charge in [0.1, 0.15) is 24.7 Å². The predicted octanol–water partition coefficient (Wildman–Crippen LogP) is 4.76. The lowest BCUT2D eigenvalue weighted by molar-refractivity contribution is -0.384. The number of benzene rings is 3. The predicted molar refractivity (Wildman–Crippen MR) is 115 cm³/mol. The van der Waals surface area contributed by atoms with E-state index in [2.05, 4.69) is 0 Å². The number of non-ortho nitro benzene ring substituents is 1. The van der Waals surface area contributed by atoms with Crippen molar-refractivity contribution in [1.29, 1.82) is 0 Å². The summed E-state index contributed by atoms with van der Waals surface area (Å²) in [4.78, 5) is 23.0. The zero-order valence-corrected chi connectivity index (χ0v) is 16.7. The number of carbonyl (C=O) groups excluding carboxylic acids is 1. The molecule has 156 valence electrons. The Balaban J connectivity index is 1.71. The first-order valence-electron chi connectivity index (χ1n) is 9.57. The Hall–Kier alpha value is -4.13. The van der Waals surface area contributed by atoms with Gasteiger partial charge in [-0.15, -0.1) is 0 Å². The Morgan fingerprint density at radius 1 is 1.06 bits per heavy atom. The van der Waals surface area contributed by atoms with Crippen LogP contribution in [0.15, 0.2) is 72.8 Å². The number of hydrogen-bond donors (Lipinski definition) is 0. The first kappa shape index (κ1) is 20.2. The molecule has 0 aromatic heterocycles. The maximum Gasteiger partial charge on any atom is 0.338 e. The van der Waals surface area contributed by atoms with Crippen LogP contribution in [0.1, 0.15) is 21.5 Å². The van der Waals surface area contributed by atoms with Gasteiger partial charge in [0.15, 0.2) is 0 Å². The second kappa shape index (κ2) is 8.71. The van der Waals surface area contributed by atoms with Crippen LogP contribution in [0.3, 0.4) is 0 Å². The molecule has 3 aromatic carbocycles. The largest absolute Gasteiger partial charge is 0.497 e. The molecule has 0 unspecified atom stereocenters. The number of nitrogens with zero attached hydrogens (tertiary/aromatic N) is 1. The molecule has 0 aliphatic carbocycles. The molecule has 1 heterocycles. The monoisotopic (exact) mass is 417 g/mol. The van der Waals surface area contributed by atoms with Gasteiger partial charge in [-0.2, -0.15) is 0 Å². The molecule has 0 amide bonds.